The Hall–Kier alpha value is -1.30. The molecule has 0 saturated carbocycles. The van der Waals surface area contributed by atoms with Crippen LogP contribution in [0.1, 0.15) is 16.8 Å². The van der Waals surface area contributed by atoms with E-state index in [1.165, 1.54) is 18.1 Å². The van der Waals surface area contributed by atoms with Crippen molar-refractivity contribution in [3.8, 4) is 0 Å². The van der Waals surface area contributed by atoms with E-state index in [4.69, 9.17) is 27.9 Å². The molecule has 2 rings (SSSR count). The molecule has 0 aromatic heterocycles. The average molecular weight is 332 g/mol. The number of likely N-dealkylation sites (tertiary alicyclic amines) is 1. The van der Waals surface area contributed by atoms with Crippen molar-refractivity contribution in [2.75, 3.05) is 26.8 Å². The highest BCUT2D eigenvalue weighted by Gasteiger charge is 2.46. The molecule has 1 aliphatic rings. The van der Waals surface area contributed by atoms with Gasteiger partial charge in [0, 0.05) is 25.8 Å². The summed E-state index contributed by atoms with van der Waals surface area (Å²) >= 11 is 11.7. The Morgan fingerprint density at radius 2 is 2.10 bits per heavy atom. The summed E-state index contributed by atoms with van der Waals surface area (Å²) in [4.78, 5) is 25.4. The van der Waals surface area contributed by atoms with Gasteiger partial charge in [-0.25, -0.2) is 0 Å². The Balaban J connectivity index is 2.18. The van der Waals surface area contributed by atoms with Gasteiger partial charge in [-0.15, -0.1) is 0 Å². The second-order valence-corrected chi connectivity index (χ2v) is 5.94. The molecule has 1 aromatic carbocycles. The van der Waals surface area contributed by atoms with Crippen molar-refractivity contribution in [2.45, 2.75) is 6.42 Å². The van der Waals surface area contributed by atoms with Crippen LogP contribution in [0, 0.1) is 5.41 Å². The minimum absolute atomic E-state index is 0.0769. The first-order valence-electron chi connectivity index (χ1n) is 6.36. The number of halogens is 2. The minimum Gasteiger partial charge on any atom is -0.481 e. The third kappa shape index (κ3) is 3.15. The number of methoxy groups -OCH3 is 1. The predicted molar refractivity (Wildman–Crippen MR) is 78.9 cm³/mol. The number of carbonyl (C=O) groups is 2. The molecule has 1 N–H and O–H groups in total. The Bertz CT molecular complexity index is 578. The Labute approximate surface area is 132 Å². The highest BCUT2D eigenvalue weighted by molar-refractivity contribution is 6.42. The van der Waals surface area contributed by atoms with Gasteiger partial charge in [0.1, 0.15) is 5.41 Å². The largest absolute Gasteiger partial charge is 0.481 e. The van der Waals surface area contributed by atoms with Crippen LogP contribution in [0.4, 0.5) is 0 Å². The molecule has 0 spiro atoms. The van der Waals surface area contributed by atoms with E-state index in [2.05, 4.69) is 0 Å². The van der Waals surface area contributed by atoms with Crippen molar-refractivity contribution in [1.29, 1.82) is 0 Å². The van der Waals surface area contributed by atoms with Crippen molar-refractivity contribution >= 4 is 35.1 Å². The molecule has 1 atom stereocenters. The summed E-state index contributed by atoms with van der Waals surface area (Å²) in [6.07, 6.45) is 0.364. The predicted octanol–water partition coefficient (Wildman–Crippen LogP) is 2.56. The lowest BCUT2D eigenvalue weighted by Crippen LogP contribution is -2.40. The van der Waals surface area contributed by atoms with Crippen LogP contribution < -0.4 is 0 Å². The van der Waals surface area contributed by atoms with Crippen LogP contribution in [-0.2, 0) is 9.53 Å². The van der Waals surface area contributed by atoms with Gasteiger partial charge in [-0.05, 0) is 24.6 Å². The van der Waals surface area contributed by atoms with Crippen molar-refractivity contribution in [1.82, 2.24) is 4.90 Å². The van der Waals surface area contributed by atoms with E-state index in [0.29, 0.717) is 28.6 Å². The van der Waals surface area contributed by atoms with Crippen molar-refractivity contribution in [3.63, 3.8) is 0 Å². The molecule has 0 radical (unpaired) electrons. The smallest absolute Gasteiger partial charge is 0.313 e. The van der Waals surface area contributed by atoms with E-state index in [1.807, 2.05) is 0 Å². The molecule has 1 saturated heterocycles. The number of carboxylic acid groups (broad SMARTS) is 1. The van der Waals surface area contributed by atoms with E-state index in [-0.39, 0.29) is 19.1 Å². The minimum atomic E-state index is -1.04. The monoisotopic (exact) mass is 331 g/mol. The molecule has 5 nitrogen and oxygen atoms in total. The molecular formula is C14H15Cl2NO4. The van der Waals surface area contributed by atoms with E-state index in [9.17, 15) is 14.7 Å². The number of benzene rings is 1. The zero-order chi connectivity index (χ0) is 15.6. The second kappa shape index (κ2) is 6.22. The van der Waals surface area contributed by atoms with E-state index >= 15 is 0 Å². The highest BCUT2D eigenvalue weighted by Crippen LogP contribution is 2.32. The molecule has 1 fully saturated rings. The van der Waals surface area contributed by atoms with Gasteiger partial charge in [-0.3, -0.25) is 9.59 Å². The molecule has 1 amide bonds. The van der Waals surface area contributed by atoms with Gasteiger partial charge in [-0.2, -0.15) is 0 Å². The maximum Gasteiger partial charge on any atom is 0.313 e. The number of rotatable bonds is 4. The third-order valence-electron chi connectivity index (χ3n) is 3.68. The maximum atomic E-state index is 12.4. The van der Waals surface area contributed by atoms with Crippen LogP contribution in [-0.4, -0.2) is 48.7 Å². The number of amides is 1. The fraction of sp³-hybridized carbons (Fsp3) is 0.429. The molecule has 1 aromatic rings. The zero-order valence-electron chi connectivity index (χ0n) is 11.4. The SMILES string of the molecule is COCC1(C(=O)O)CCN(C(=O)c2ccc(Cl)c(Cl)c2)C1. The first kappa shape index (κ1) is 16.1. The van der Waals surface area contributed by atoms with Crippen LogP contribution >= 0.6 is 23.2 Å². The molecule has 0 aliphatic carbocycles. The van der Waals surface area contributed by atoms with Crippen LogP contribution in [0.15, 0.2) is 18.2 Å². The second-order valence-electron chi connectivity index (χ2n) is 5.12. The van der Waals surface area contributed by atoms with E-state index < -0.39 is 11.4 Å². The highest BCUT2D eigenvalue weighted by atomic mass is 35.5. The lowest BCUT2D eigenvalue weighted by Gasteiger charge is -2.23. The Kier molecular flexibility index (Phi) is 4.76. The first-order valence-corrected chi connectivity index (χ1v) is 7.12. The van der Waals surface area contributed by atoms with Gasteiger partial charge in [0.2, 0.25) is 0 Å². The van der Waals surface area contributed by atoms with Crippen LogP contribution in [0.5, 0.6) is 0 Å². The maximum absolute atomic E-state index is 12.4. The van der Waals surface area contributed by atoms with Gasteiger partial charge >= 0.3 is 5.97 Å². The quantitative estimate of drug-likeness (QED) is 0.920. The molecule has 21 heavy (non-hydrogen) atoms. The first-order chi connectivity index (χ1) is 9.89. The van der Waals surface area contributed by atoms with Crippen molar-refractivity contribution in [2.24, 2.45) is 5.41 Å². The number of nitrogens with zero attached hydrogens (tertiary/aromatic N) is 1. The molecule has 7 heteroatoms. The van der Waals surface area contributed by atoms with E-state index in [1.54, 1.807) is 12.1 Å². The summed E-state index contributed by atoms with van der Waals surface area (Å²) in [6, 6.07) is 4.61. The van der Waals surface area contributed by atoms with Crippen LogP contribution in [0.25, 0.3) is 0 Å². The summed E-state index contributed by atoms with van der Waals surface area (Å²) < 4.78 is 5.00. The van der Waals surface area contributed by atoms with Gasteiger partial charge in [-0.1, -0.05) is 23.2 Å². The molecular weight excluding hydrogens is 317 g/mol. The average Bonchev–Trinajstić information content (AvgIpc) is 2.87. The summed E-state index contributed by atoms with van der Waals surface area (Å²) in [5.74, 6) is -1.21. The summed E-state index contributed by atoms with van der Waals surface area (Å²) in [7, 11) is 1.45. The molecule has 0 bridgehead atoms. The number of ether oxygens (including phenoxy) is 1. The molecule has 1 heterocycles. The van der Waals surface area contributed by atoms with Gasteiger partial charge in [0.05, 0.1) is 16.7 Å². The van der Waals surface area contributed by atoms with Crippen LogP contribution in [0.3, 0.4) is 0 Å². The number of hydrogen-bond donors (Lipinski definition) is 1. The van der Waals surface area contributed by atoms with Crippen molar-refractivity contribution in [3.05, 3.63) is 33.8 Å². The topological polar surface area (TPSA) is 66.8 Å². The number of hydrogen-bond acceptors (Lipinski definition) is 3. The van der Waals surface area contributed by atoms with Gasteiger partial charge < -0.3 is 14.7 Å². The number of carboxylic acids is 1. The summed E-state index contributed by atoms with van der Waals surface area (Å²) in [5, 5.41) is 10.1. The number of carbonyl (C=O) groups excluding carboxylic acids is 1. The lowest BCUT2D eigenvalue weighted by atomic mass is 9.88. The van der Waals surface area contributed by atoms with Crippen molar-refractivity contribution < 1.29 is 19.4 Å². The Morgan fingerprint density at radius 3 is 2.67 bits per heavy atom. The third-order valence-corrected chi connectivity index (χ3v) is 4.42. The number of aliphatic carboxylic acids is 1. The molecule has 1 aliphatic heterocycles. The normalized spacial score (nSPS) is 21.6. The van der Waals surface area contributed by atoms with Crippen LogP contribution in [0.2, 0.25) is 10.0 Å². The van der Waals surface area contributed by atoms with E-state index in [0.717, 1.165) is 0 Å². The standard InChI is InChI=1S/C14H15Cl2NO4/c1-21-8-14(13(19)20)4-5-17(7-14)12(18)9-2-3-10(15)11(16)6-9/h2-3,6H,4-5,7-8H2,1H3,(H,19,20). The fourth-order valence-electron chi connectivity index (χ4n) is 2.49. The zero-order valence-corrected chi connectivity index (χ0v) is 12.9. The van der Waals surface area contributed by atoms with Gasteiger partial charge in [0.25, 0.3) is 5.91 Å². The Morgan fingerprint density at radius 1 is 1.38 bits per heavy atom. The lowest BCUT2D eigenvalue weighted by molar-refractivity contribution is -0.151. The molecule has 114 valence electrons. The summed E-state index contributed by atoms with van der Waals surface area (Å²) in [6.45, 7) is 0.567. The summed E-state index contributed by atoms with van der Waals surface area (Å²) in [5.41, 5.74) is -0.649. The van der Waals surface area contributed by atoms with Gasteiger partial charge in [0.15, 0.2) is 0 Å². The molecule has 1 unspecified atom stereocenters. The fourth-order valence-corrected chi connectivity index (χ4v) is 2.79.